The number of carbonyl (C=O) groups excluding carboxylic acids is 2. The zero-order valence-corrected chi connectivity index (χ0v) is 22.9. The third-order valence-electron chi connectivity index (χ3n) is 8.67. The fraction of sp³-hybridized carbons (Fsp3) is 0.0500. The minimum Gasteiger partial charge on any atom is -0.289 e. The molecule has 2 aliphatic carbocycles. The average molecular weight is 539 g/mol. The smallest absolute Gasteiger partial charge is 0.193 e. The summed E-state index contributed by atoms with van der Waals surface area (Å²) in [4.78, 5) is 25.5. The van der Waals surface area contributed by atoms with Gasteiger partial charge in [0.2, 0.25) is 0 Å². The van der Waals surface area contributed by atoms with Crippen molar-refractivity contribution in [3.63, 3.8) is 0 Å². The van der Waals surface area contributed by atoms with Crippen LogP contribution < -0.4 is 0 Å². The summed E-state index contributed by atoms with van der Waals surface area (Å²) >= 11 is 0. The Morgan fingerprint density at radius 1 is 0.310 bits per heavy atom. The van der Waals surface area contributed by atoms with Crippen molar-refractivity contribution in [2.45, 2.75) is 12.8 Å². The van der Waals surface area contributed by atoms with Crippen molar-refractivity contribution in [2.75, 3.05) is 0 Å². The summed E-state index contributed by atoms with van der Waals surface area (Å²) in [5, 5.41) is 6.99. The summed E-state index contributed by atoms with van der Waals surface area (Å²) in [5.74, 6) is 0.306. The second-order valence-electron chi connectivity index (χ2n) is 11.2. The Hall–Kier alpha value is -5.34. The van der Waals surface area contributed by atoms with E-state index >= 15 is 0 Å². The molecule has 0 atom stereocenters. The molecule has 0 heterocycles. The number of benzene rings is 7. The molecule has 0 N–H and O–H groups in total. The van der Waals surface area contributed by atoms with E-state index in [4.69, 9.17) is 0 Å². The molecule has 0 spiro atoms. The zero-order valence-electron chi connectivity index (χ0n) is 22.9. The Morgan fingerprint density at radius 3 is 1.05 bits per heavy atom. The van der Waals surface area contributed by atoms with Crippen molar-refractivity contribution in [3.8, 4) is 0 Å². The molecule has 2 heteroatoms. The normalized spacial score (nSPS) is 13.1. The van der Waals surface area contributed by atoms with E-state index in [1.54, 1.807) is 0 Å². The van der Waals surface area contributed by atoms with Gasteiger partial charge in [-0.05, 0) is 85.6 Å². The lowest BCUT2D eigenvalue weighted by molar-refractivity contribution is 0.102. The highest BCUT2D eigenvalue weighted by molar-refractivity contribution is 6.16. The van der Waals surface area contributed by atoms with E-state index in [1.165, 1.54) is 16.2 Å². The van der Waals surface area contributed by atoms with Gasteiger partial charge in [-0.25, -0.2) is 0 Å². The lowest BCUT2D eigenvalue weighted by Crippen LogP contribution is -2.15. The SMILES string of the molecule is O=C1c2cc3ccccc3cc2Cc2cc3ccccc3cc21.O=C1c2ccccc2Cc2cc3ccccc3cc21. The van der Waals surface area contributed by atoms with Gasteiger partial charge in [0.1, 0.15) is 0 Å². The van der Waals surface area contributed by atoms with E-state index in [-0.39, 0.29) is 11.6 Å². The number of rotatable bonds is 0. The van der Waals surface area contributed by atoms with Crippen LogP contribution in [0.25, 0.3) is 32.3 Å². The van der Waals surface area contributed by atoms with Crippen LogP contribution in [-0.2, 0) is 12.8 Å². The summed E-state index contributed by atoms with van der Waals surface area (Å²) in [6.45, 7) is 0. The zero-order chi connectivity index (χ0) is 28.2. The van der Waals surface area contributed by atoms with E-state index < -0.39 is 0 Å². The highest BCUT2D eigenvalue weighted by Gasteiger charge is 2.25. The molecule has 0 unspecified atom stereocenters. The molecule has 2 nitrogen and oxygen atoms in total. The van der Waals surface area contributed by atoms with Crippen molar-refractivity contribution in [1.29, 1.82) is 0 Å². The second kappa shape index (κ2) is 9.64. The Morgan fingerprint density at radius 2 is 0.619 bits per heavy atom. The minimum absolute atomic E-state index is 0.151. The van der Waals surface area contributed by atoms with E-state index in [0.29, 0.717) is 0 Å². The maximum atomic E-state index is 13.0. The quantitative estimate of drug-likeness (QED) is 0.193. The maximum absolute atomic E-state index is 13.0. The number of fused-ring (bicyclic) bond motifs is 7. The highest BCUT2D eigenvalue weighted by Crippen LogP contribution is 2.33. The summed E-state index contributed by atoms with van der Waals surface area (Å²) < 4.78 is 0. The van der Waals surface area contributed by atoms with Gasteiger partial charge >= 0.3 is 0 Å². The molecule has 7 aromatic carbocycles. The predicted octanol–water partition coefficient (Wildman–Crippen LogP) is 9.10. The molecule has 0 aliphatic heterocycles. The second-order valence-corrected chi connectivity index (χ2v) is 11.2. The largest absolute Gasteiger partial charge is 0.289 e. The molecule has 0 fully saturated rings. The molecular formula is C40H26O2. The molecule has 9 rings (SSSR count). The molecule has 0 saturated heterocycles. The summed E-state index contributed by atoms with van der Waals surface area (Å²) in [6, 6.07) is 45.2. The first-order valence-corrected chi connectivity index (χ1v) is 14.3. The van der Waals surface area contributed by atoms with Crippen LogP contribution in [0.4, 0.5) is 0 Å². The van der Waals surface area contributed by atoms with Crippen LogP contribution in [-0.4, -0.2) is 11.6 Å². The standard InChI is InChI=1S/C22H14O.C18H12O/c23-22-20-12-16-7-3-1-5-14(16)9-18(20)11-19-10-15-6-2-4-8-17(15)13-21(19)22;19-18-16-8-4-3-7-14(16)10-15-9-12-5-1-2-6-13(12)11-17(15)18/h1-10,12-13H,11H2;1-9,11H,10H2. The Bertz CT molecular complexity index is 2150. The first-order valence-electron chi connectivity index (χ1n) is 14.3. The third-order valence-corrected chi connectivity index (χ3v) is 8.67. The van der Waals surface area contributed by atoms with Gasteiger partial charge in [-0.3, -0.25) is 9.59 Å². The summed E-state index contributed by atoms with van der Waals surface area (Å²) in [7, 11) is 0. The molecule has 198 valence electrons. The van der Waals surface area contributed by atoms with Crippen molar-refractivity contribution in [3.05, 3.63) is 178 Å². The number of ketones is 2. The molecular weight excluding hydrogens is 512 g/mol. The van der Waals surface area contributed by atoms with Crippen molar-refractivity contribution in [2.24, 2.45) is 0 Å². The molecule has 0 bridgehead atoms. The molecule has 0 amide bonds. The first-order chi connectivity index (χ1) is 20.6. The molecule has 0 saturated carbocycles. The highest BCUT2D eigenvalue weighted by atomic mass is 16.1. The number of carbonyl (C=O) groups is 2. The monoisotopic (exact) mass is 538 g/mol. The summed E-state index contributed by atoms with van der Waals surface area (Å²) in [6.07, 6.45) is 1.67. The molecule has 7 aromatic rings. The van der Waals surface area contributed by atoms with Gasteiger partial charge in [0, 0.05) is 22.3 Å². The van der Waals surface area contributed by atoms with Crippen LogP contribution in [0.5, 0.6) is 0 Å². The van der Waals surface area contributed by atoms with Gasteiger partial charge in [0.25, 0.3) is 0 Å². The van der Waals surface area contributed by atoms with Crippen molar-refractivity contribution < 1.29 is 9.59 Å². The van der Waals surface area contributed by atoms with Crippen molar-refractivity contribution in [1.82, 2.24) is 0 Å². The minimum atomic E-state index is 0.151. The number of hydrogen-bond donors (Lipinski definition) is 0. The lowest BCUT2D eigenvalue weighted by atomic mass is 9.82. The van der Waals surface area contributed by atoms with Gasteiger partial charge in [0.05, 0.1) is 0 Å². The van der Waals surface area contributed by atoms with Crippen LogP contribution >= 0.6 is 0 Å². The molecule has 42 heavy (non-hydrogen) atoms. The maximum Gasteiger partial charge on any atom is 0.193 e. The Labute approximate surface area is 243 Å². The predicted molar refractivity (Wildman–Crippen MR) is 171 cm³/mol. The van der Waals surface area contributed by atoms with Crippen LogP contribution in [0, 0.1) is 0 Å². The van der Waals surface area contributed by atoms with E-state index in [0.717, 1.165) is 73.5 Å². The summed E-state index contributed by atoms with van der Waals surface area (Å²) in [5.41, 5.74) is 7.96. The third kappa shape index (κ3) is 4.03. The molecule has 0 radical (unpaired) electrons. The van der Waals surface area contributed by atoms with E-state index in [2.05, 4.69) is 54.6 Å². The molecule has 0 aromatic heterocycles. The first kappa shape index (κ1) is 24.5. The topological polar surface area (TPSA) is 34.1 Å². The van der Waals surface area contributed by atoms with Crippen LogP contribution in [0.1, 0.15) is 54.1 Å². The van der Waals surface area contributed by atoms with Crippen LogP contribution in [0.3, 0.4) is 0 Å². The van der Waals surface area contributed by atoms with E-state index in [9.17, 15) is 9.59 Å². The van der Waals surface area contributed by atoms with Crippen LogP contribution in [0.2, 0.25) is 0 Å². The van der Waals surface area contributed by atoms with Gasteiger partial charge in [-0.15, -0.1) is 0 Å². The number of hydrogen-bond acceptors (Lipinski definition) is 2. The average Bonchev–Trinajstić information content (AvgIpc) is 3.03. The van der Waals surface area contributed by atoms with Gasteiger partial charge in [0.15, 0.2) is 11.6 Å². The Balaban J connectivity index is 0.000000129. The molecule has 2 aliphatic rings. The fourth-order valence-corrected chi connectivity index (χ4v) is 6.53. The van der Waals surface area contributed by atoms with E-state index in [1.807, 2.05) is 78.9 Å². The van der Waals surface area contributed by atoms with Gasteiger partial charge in [-0.1, -0.05) is 115 Å². The van der Waals surface area contributed by atoms with Crippen molar-refractivity contribution >= 4 is 43.9 Å². The van der Waals surface area contributed by atoms with Gasteiger partial charge in [-0.2, -0.15) is 0 Å². The lowest BCUT2D eigenvalue weighted by Gasteiger charge is -2.20. The Kier molecular flexibility index (Phi) is 5.61. The fourth-order valence-electron chi connectivity index (χ4n) is 6.53. The van der Waals surface area contributed by atoms with Gasteiger partial charge < -0.3 is 0 Å². The van der Waals surface area contributed by atoms with Crippen LogP contribution in [0.15, 0.2) is 133 Å².